The van der Waals surface area contributed by atoms with Gasteiger partial charge in [-0.15, -0.1) is 11.8 Å². The number of halogens is 1. The molecule has 0 aliphatic carbocycles. The second kappa shape index (κ2) is 9.15. The van der Waals surface area contributed by atoms with Crippen LogP contribution in [-0.4, -0.2) is 49.0 Å². The highest BCUT2D eigenvalue weighted by Crippen LogP contribution is 2.23. The van der Waals surface area contributed by atoms with E-state index in [1.807, 2.05) is 0 Å². The molecule has 7 heteroatoms. The Labute approximate surface area is 155 Å². The third-order valence-corrected chi connectivity index (χ3v) is 4.50. The number of thioether (sulfide) groups is 1. The molecule has 0 atom stereocenters. The first-order chi connectivity index (χ1) is 12.4. The Hall–Kier alpha value is -2.67. The monoisotopic (exact) mass is 375 g/mol. The van der Waals surface area contributed by atoms with Crippen molar-refractivity contribution in [3.8, 4) is 0 Å². The Bertz CT molecular complexity index is 823. The third-order valence-electron chi connectivity index (χ3n) is 3.44. The maximum absolute atomic E-state index is 13.2. The van der Waals surface area contributed by atoms with Gasteiger partial charge in [-0.3, -0.25) is 9.59 Å². The molecule has 0 N–H and O–H groups in total. The molecule has 2 aromatic rings. The van der Waals surface area contributed by atoms with E-state index in [0.717, 1.165) is 6.07 Å². The molecule has 2 rings (SSSR count). The zero-order valence-corrected chi connectivity index (χ0v) is 15.2. The lowest BCUT2D eigenvalue weighted by molar-refractivity contribution is -0.125. The number of Topliss-reactive ketones (excluding diaryl/α,β-unsaturated/α-hetero) is 1. The molecule has 1 amide bonds. The van der Waals surface area contributed by atoms with Crippen LogP contribution in [0.5, 0.6) is 0 Å². The van der Waals surface area contributed by atoms with Gasteiger partial charge in [0.1, 0.15) is 5.82 Å². The quantitative estimate of drug-likeness (QED) is 0.423. The van der Waals surface area contributed by atoms with E-state index in [4.69, 9.17) is 4.74 Å². The number of carbonyl (C=O) groups is 3. The van der Waals surface area contributed by atoms with Gasteiger partial charge in [-0.05, 0) is 24.3 Å². The van der Waals surface area contributed by atoms with Crippen LogP contribution in [-0.2, 0) is 9.53 Å². The van der Waals surface area contributed by atoms with Crippen molar-refractivity contribution in [1.82, 2.24) is 4.90 Å². The van der Waals surface area contributed by atoms with E-state index in [9.17, 15) is 18.8 Å². The fourth-order valence-electron chi connectivity index (χ4n) is 1.98. The zero-order valence-electron chi connectivity index (χ0n) is 14.4. The average molecular weight is 375 g/mol. The van der Waals surface area contributed by atoms with Crippen molar-refractivity contribution in [2.75, 3.05) is 26.5 Å². The molecule has 0 radical (unpaired) electrons. The molecule has 0 aliphatic heterocycles. The molecule has 2 aromatic carbocycles. The summed E-state index contributed by atoms with van der Waals surface area (Å²) < 4.78 is 18.2. The van der Waals surface area contributed by atoms with Crippen molar-refractivity contribution in [1.29, 1.82) is 0 Å². The molecule has 5 nitrogen and oxygen atoms in total. The Morgan fingerprint density at radius 1 is 1.08 bits per heavy atom. The van der Waals surface area contributed by atoms with Gasteiger partial charge in [-0.25, -0.2) is 9.18 Å². The maximum atomic E-state index is 13.2. The van der Waals surface area contributed by atoms with Gasteiger partial charge < -0.3 is 9.64 Å². The summed E-state index contributed by atoms with van der Waals surface area (Å²) in [6.07, 6.45) is 0. The largest absolute Gasteiger partial charge is 0.454 e. The van der Waals surface area contributed by atoms with Crippen molar-refractivity contribution in [3.05, 3.63) is 65.5 Å². The molecule has 0 saturated carbocycles. The maximum Gasteiger partial charge on any atom is 0.339 e. The number of esters is 1. The summed E-state index contributed by atoms with van der Waals surface area (Å²) >= 11 is 1.22. The van der Waals surface area contributed by atoms with Crippen LogP contribution >= 0.6 is 11.8 Å². The van der Waals surface area contributed by atoms with E-state index in [0.29, 0.717) is 4.90 Å². The number of ketones is 1. The summed E-state index contributed by atoms with van der Waals surface area (Å²) in [4.78, 5) is 38.1. The van der Waals surface area contributed by atoms with Crippen molar-refractivity contribution in [2.45, 2.75) is 4.90 Å². The third kappa shape index (κ3) is 5.42. The summed E-state index contributed by atoms with van der Waals surface area (Å²) in [5.74, 6) is -1.60. The molecular formula is C19H18FNO4S. The van der Waals surface area contributed by atoms with E-state index in [1.54, 1.807) is 38.4 Å². The lowest BCUT2D eigenvalue weighted by Gasteiger charge is -2.11. The van der Waals surface area contributed by atoms with Crippen molar-refractivity contribution in [3.63, 3.8) is 0 Å². The lowest BCUT2D eigenvalue weighted by atomic mass is 10.1. The topological polar surface area (TPSA) is 63.7 Å². The van der Waals surface area contributed by atoms with Crippen LogP contribution < -0.4 is 0 Å². The van der Waals surface area contributed by atoms with Crippen LogP contribution in [0, 0.1) is 5.82 Å². The average Bonchev–Trinajstić information content (AvgIpc) is 2.64. The van der Waals surface area contributed by atoms with E-state index in [-0.39, 0.29) is 22.8 Å². The van der Waals surface area contributed by atoms with Gasteiger partial charge in [0.05, 0.1) is 11.3 Å². The Morgan fingerprint density at radius 3 is 2.50 bits per heavy atom. The second-order valence-corrected chi connectivity index (χ2v) is 6.60. The summed E-state index contributed by atoms with van der Waals surface area (Å²) in [5.41, 5.74) is 0.410. The summed E-state index contributed by atoms with van der Waals surface area (Å²) in [7, 11) is 3.31. The fourth-order valence-corrected chi connectivity index (χ4v) is 3.00. The van der Waals surface area contributed by atoms with Gasteiger partial charge >= 0.3 is 5.97 Å². The first kappa shape index (κ1) is 19.7. The number of benzene rings is 2. The highest BCUT2D eigenvalue weighted by molar-refractivity contribution is 8.00. The molecule has 0 spiro atoms. The number of carbonyl (C=O) groups excluding carboxylic acids is 3. The Balaban J connectivity index is 2.01. The summed E-state index contributed by atoms with van der Waals surface area (Å²) in [6, 6.07) is 11.9. The number of hydrogen-bond acceptors (Lipinski definition) is 5. The smallest absolute Gasteiger partial charge is 0.339 e. The lowest BCUT2D eigenvalue weighted by Crippen LogP contribution is -2.23. The molecule has 26 heavy (non-hydrogen) atoms. The number of ether oxygens (including phenoxy) is 1. The first-order valence-corrected chi connectivity index (χ1v) is 8.75. The summed E-state index contributed by atoms with van der Waals surface area (Å²) in [5, 5.41) is 0. The number of hydrogen-bond donors (Lipinski definition) is 0. The van der Waals surface area contributed by atoms with Crippen LogP contribution in [0.1, 0.15) is 20.7 Å². The van der Waals surface area contributed by atoms with E-state index in [1.165, 1.54) is 34.9 Å². The molecule has 0 bridgehead atoms. The molecule has 0 saturated heterocycles. The Kier molecular flexibility index (Phi) is 6.91. The highest BCUT2D eigenvalue weighted by Gasteiger charge is 2.16. The first-order valence-electron chi connectivity index (χ1n) is 7.76. The van der Waals surface area contributed by atoms with E-state index in [2.05, 4.69) is 0 Å². The van der Waals surface area contributed by atoms with Crippen LogP contribution in [0.25, 0.3) is 0 Å². The van der Waals surface area contributed by atoms with Crippen molar-refractivity contribution < 1.29 is 23.5 Å². The van der Waals surface area contributed by atoms with E-state index >= 15 is 0 Å². The van der Waals surface area contributed by atoms with Gasteiger partial charge in [0.2, 0.25) is 5.91 Å². The number of nitrogens with zero attached hydrogens (tertiary/aromatic N) is 1. The minimum atomic E-state index is -0.671. The molecule has 0 aliphatic rings. The molecular weight excluding hydrogens is 357 g/mol. The molecule has 0 heterocycles. The van der Waals surface area contributed by atoms with Gasteiger partial charge in [0, 0.05) is 24.6 Å². The van der Waals surface area contributed by atoms with Crippen LogP contribution in [0.15, 0.2) is 53.4 Å². The Morgan fingerprint density at radius 2 is 1.81 bits per heavy atom. The molecule has 0 unspecified atom stereocenters. The molecule has 0 fully saturated rings. The predicted octanol–water partition coefficient (Wildman–Crippen LogP) is 3.05. The predicted molar refractivity (Wildman–Crippen MR) is 96.9 cm³/mol. The highest BCUT2D eigenvalue weighted by atomic mass is 32.2. The standard InChI is InChI=1S/C19H18FNO4S/c1-21(2)18(23)12-26-17-9-4-3-8-15(17)19(24)25-11-16(22)13-6-5-7-14(20)10-13/h3-10H,11-12H2,1-2H3. The van der Waals surface area contributed by atoms with Crippen LogP contribution in [0.4, 0.5) is 4.39 Å². The fraction of sp³-hybridized carbons (Fsp3) is 0.211. The van der Waals surface area contributed by atoms with Gasteiger partial charge in [0.25, 0.3) is 0 Å². The van der Waals surface area contributed by atoms with Gasteiger partial charge in [-0.2, -0.15) is 0 Å². The van der Waals surface area contributed by atoms with Gasteiger partial charge in [-0.1, -0.05) is 24.3 Å². The normalized spacial score (nSPS) is 10.3. The van der Waals surface area contributed by atoms with E-state index < -0.39 is 24.2 Å². The van der Waals surface area contributed by atoms with Crippen LogP contribution in [0.3, 0.4) is 0 Å². The number of amides is 1. The SMILES string of the molecule is CN(C)C(=O)CSc1ccccc1C(=O)OCC(=O)c1cccc(F)c1. The minimum absolute atomic E-state index is 0.0838. The number of rotatable bonds is 7. The summed E-state index contributed by atoms with van der Waals surface area (Å²) in [6.45, 7) is -0.488. The van der Waals surface area contributed by atoms with Crippen LogP contribution in [0.2, 0.25) is 0 Å². The molecule has 0 aromatic heterocycles. The second-order valence-electron chi connectivity index (χ2n) is 5.58. The minimum Gasteiger partial charge on any atom is -0.454 e. The molecule has 136 valence electrons. The van der Waals surface area contributed by atoms with Crippen molar-refractivity contribution in [2.24, 2.45) is 0 Å². The van der Waals surface area contributed by atoms with Crippen molar-refractivity contribution >= 4 is 29.4 Å². The zero-order chi connectivity index (χ0) is 19.1. The van der Waals surface area contributed by atoms with Gasteiger partial charge in [0.15, 0.2) is 12.4 Å².